The number of hydrazone groups is 1. The molecule has 1 heterocycles. The molecule has 3 aliphatic rings. The number of rotatable bonds is 3. The number of anilines is 3. The van der Waals surface area contributed by atoms with Crippen molar-refractivity contribution in [3.8, 4) is 0 Å². The van der Waals surface area contributed by atoms with Crippen LogP contribution in [0.2, 0.25) is 0 Å². The van der Waals surface area contributed by atoms with Gasteiger partial charge in [-0.15, -0.1) is 5.01 Å². The van der Waals surface area contributed by atoms with Crippen LogP contribution in [-0.4, -0.2) is 22.7 Å². The number of urea groups is 1. The normalized spacial score (nSPS) is 20.5. The van der Waals surface area contributed by atoms with Crippen molar-refractivity contribution < 1.29 is 9.59 Å². The zero-order valence-corrected chi connectivity index (χ0v) is 23.5. The summed E-state index contributed by atoms with van der Waals surface area (Å²) in [5.74, 6) is -0.0839. The van der Waals surface area contributed by atoms with Crippen LogP contribution < -0.4 is 10.6 Å². The molecule has 2 fully saturated rings. The largest absolute Gasteiger partial charge is 0.399 e. The number of amides is 3. The summed E-state index contributed by atoms with van der Waals surface area (Å²) in [7, 11) is 0. The maximum atomic E-state index is 14.4. The first kappa shape index (κ1) is 27.4. The van der Waals surface area contributed by atoms with Gasteiger partial charge in [-0.1, -0.05) is 82.8 Å². The van der Waals surface area contributed by atoms with Crippen LogP contribution in [0.1, 0.15) is 107 Å². The number of carbonyl (C=O) groups is 2. The lowest BCUT2D eigenvalue weighted by Gasteiger charge is -2.28. The Morgan fingerprint density at radius 1 is 0.795 bits per heavy atom. The number of aryl methyl sites for hydroxylation is 1. The van der Waals surface area contributed by atoms with Gasteiger partial charge >= 0.3 is 6.03 Å². The first-order valence-corrected chi connectivity index (χ1v) is 15.3. The minimum Gasteiger partial charge on any atom is -0.399 e. The second-order valence-corrected chi connectivity index (χ2v) is 11.8. The van der Waals surface area contributed by atoms with Crippen LogP contribution in [0.5, 0.6) is 0 Å². The van der Waals surface area contributed by atoms with Crippen LogP contribution in [0.4, 0.5) is 21.9 Å². The second-order valence-electron chi connectivity index (χ2n) is 11.8. The van der Waals surface area contributed by atoms with E-state index in [0.717, 1.165) is 86.7 Å². The molecule has 2 aromatic carbocycles. The van der Waals surface area contributed by atoms with Crippen LogP contribution >= 0.6 is 0 Å². The Morgan fingerprint density at radius 3 is 2.00 bits per heavy atom. The third-order valence-corrected chi connectivity index (χ3v) is 8.81. The molecule has 6 heteroatoms. The molecule has 2 N–H and O–H groups in total. The lowest BCUT2D eigenvalue weighted by Crippen LogP contribution is -2.43. The predicted octanol–water partition coefficient (Wildman–Crippen LogP) is 8.49. The van der Waals surface area contributed by atoms with Crippen molar-refractivity contribution in [2.45, 2.75) is 103 Å². The van der Waals surface area contributed by atoms with E-state index in [1.54, 1.807) is 4.90 Å². The fourth-order valence-corrected chi connectivity index (χ4v) is 6.55. The Bertz CT molecular complexity index is 1170. The van der Waals surface area contributed by atoms with E-state index < -0.39 is 6.03 Å². The molecule has 0 unspecified atom stereocenters. The summed E-state index contributed by atoms with van der Waals surface area (Å²) in [6.07, 6.45) is 16.6. The summed E-state index contributed by atoms with van der Waals surface area (Å²) in [6.45, 7) is 2.04. The van der Waals surface area contributed by atoms with Gasteiger partial charge in [-0.25, -0.2) is 4.79 Å². The third kappa shape index (κ3) is 6.37. The highest BCUT2D eigenvalue weighted by Gasteiger charge is 2.39. The molecule has 0 saturated heterocycles. The smallest absolute Gasteiger partial charge is 0.356 e. The van der Waals surface area contributed by atoms with Gasteiger partial charge in [0.1, 0.15) is 0 Å². The lowest BCUT2D eigenvalue weighted by atomic mass is 9.82. The van der Waals surface area contributed by atoms with Crippen molar-refractivity contribution in [2.75, 3.05) is 10.6 Å². The highest BCUT2D eigenvalue weighted by atomic mass is 16.2. The molecular weight excluding hydrogens is 484 g/mol. The van der Waals surface area contributed by atoms with Crippen LogP contribution in [0, 0.1) is 18.8 Å². The number of benzene rings is 2. The van der Waals surface area contributed by atoms with E-state index in [4.69, 9.17) is 10.8 Å². The Hall–Kier alpha value is -3.15. The van der Waals surface area contributed by atoms with E-state index in [1.807, 2.05) is 31.2 Å². The van der Waals surface area contributed by atoms with E-state index in [-0.39, 0.29) is 17.7 Å². The van der Waals surface area contributed by atoms with Gasteiger partial charge < -0.3 is 5.73 Å². The third-order valence-electron chi connectivity index (χ3n) is 8.81. The highest BCUT2D eigenvalue weighted by Crippen LogP contribution is 2.39. The molecule has 0 atom stereocenters. The molecule has 0 radical (unpaired) electrons. The molecule has 2 aliphatic carbocycles. The monoisotopic (exact) mass is 528 g/mol. The van der Waals surface area contributed by atoms with Crippen LogP contribution in [0.3, 0.4) is 0 Å². The zero-order valence-electron chi connectivity index (χ0n) is 23.5. The number of carbonyl (C=O) groups excluding carboxylic acids is 2. The minimum atomic E-state index is -0.392. The summed E-state index contributed by atoms with van der Waals surface area (Å²) < 4.78 is 0. The number of fused-ring (bicyclic) bond motifs is 1. The molecule has 1 aliphatic heterocycles. The number of hydrogen-bond donors (Lipinski definition) is 1. The average molecular weight is 529 g/mol. The van der Waals surface area contributed by atoms with Crippen molar-refractivity contribution in [2.24, 2.45) is 16.9 Å². The Labute approximate surface area is 233 Å². The van der Waals surface area contributed by atoms with Gasteiger partial charge in [-0.05, 0) is 68.5 Å². The Kier molecular flexibility index (Phi) is 9.00. The van der Waals surface area contributed by atoms with Gasteiger partial charge in [0.15, 0.2) is 0 Å². The van der Waals surface area contributed by atoms with Gasteiger partial charge in [0.25, 0.3) is 5.91 Å². The molecule has 0 aromatic heterocycles. The maximum absolute atomic E-state index is 14.4. The van der Waals surface area contributed by atoms with Gasteiger partial charge in [0.2, 0.25) is 0 Å². The molecule has 39 heavy (non-hydrogen) atoms. The van der Waals surface area contributed by atoms with E-state index in [0.29, 0.717) is 11.4 Å². The topological polar surface area (TPSA) is 79.0 Å². The molecule has 0 bridgehead atoms. The number of nitrogens with two attached hydrogens (primary N) is 1. The summed E-state index contributed by atoms with van der Waals surface area (Å²) in [6, 6.07) is 13.2. The molecule has 2 saturated carbocycles. The number of hydrogen-bond acceptors (Lipinski definition) is 4. The van der Waals surface area contributed by atoms with Gasteiger partial charge in [-0.3, -0.25) is 9.69 Å². The molecule has 208 valence electrons. The molecular formula is C33H44N4O2. The molecule has 0 spiro atoms. The summed E-state index contributed by atoms with van der Waals surface area (Å²) >= 11 is 0. The molecule has 2 aromatic rings. The van der Waals surface area contributed by atoms with Crippen molar-refractivity contribution >= 4 is 34.7 Å². The Balaban J connectivity index is 1.58. The zero-order chi connectivity index (χ0) is 27.2. The standard InChI is InChI=1S/C33H44N4O2/c1-24-17-22-29-30(23-24)36(28-20-18-27(34)19-21-28)33(39)37(35-31(29)25-13-11-8-12-14-25)32(38)26-15-9-6-4-2-3-5-7-10-16-26/h17-23,25-26H,2-16,34H2,1H3. The number of nitrogen functional groups attached to an aromatic ring is 1. The summed E-state index contributed by atoms with van der Waals surface area (Å²) in [5, 5.41) is 6.27. The lowest BCUT2D eigenvalue weighted by molar-refractivity contribution is -0.133. The SMILES string of the molecule is Cc1ccc2c(c1)N(c1ccc(N)cc1)C(=O)N(C(=O)C1CCCCCCCCCC1)N=C2C1CCCCC1. The summed E-state index contributed by atoms with van der Waals surface area (Å²) in [4.78, 5) is 30.4. The maximum Gasteiger partial charge on any atom is 0.356 e. The van der Waals surface area contributed by atoms with Gasteiger partial charge in [0.05, 0.1) is 17.1 Å². The van der Waals surface area contributed by atoms with Crippen LogP contribution in [0.15, 0.2) is 47.6 Å². The van der Waals surface area contributed by atoms with E-state index in [1.165, 1.54) is 37.1 Å². The van der Waals surface area contributed by atoms with E-state index >= 15 is 0 Å². The molecule has 3 amide bonds. The number of nitrogens with zero attached hydrogens (tertiary/aromatic N) is 3. The van der Waals surface area contributed by atoms with Crippen LogP contribution in [0.25, 0.3) is 0 Å². The first-order valence-electron chi connectivity index (χ1n) is 15.3. The minimum absolute atomic E-state index is 0.141. The van der Waals surface area contributed by atoms with Crippen molar-refractivity contribution in [1.29, 1.82) is 0 Å². The summed E-state index contributed by atoms with van der Waals surface area (Å²) in [5.41, 5.74) is 11.0. The molecule has 5 rings (SSSR count). The van der Waals surface area contributed by atoms with Crippen molar-refractivity contribution in [3.05, 3.63) is 53.6 Å². The fraction of sp³-hybridized carbons (Fsp3) is 0.545. The van der Waals surface area contributed by atoms with E-state index in [2.05, 4.69) is 18.2 Å². The Morgan fingerprint density at radius 2 is 1.36 bits per heavy atom. The van der Waals surface area contributed by atoms with Crippen molar-refractivity contribution in [1.82, 2.24) is 5.01 Å². The first-order chi connectivity index (χ1) is 19.0. The van der Waals surface area contributed by atoms with Gasteiger partial charge in [-0.2, -0.15) is 5.10 Å². The van der Waals surface area contributed by atoms with Crippen LogP contribution in [-0.2, 0) is 4.79 Å². The fourth-order valence-electron chi connectivity index (χ4n) is 6.55. The predicted molar refractivity (Wildman–Crippen MR) is 159 cm³/mol. The quantitative estimate of drug-likeness (QED) is 0.406. The van der Waals surface area contributed by atoms with Crippen molar-refractivity contribution in [3.63, 3.8) is 0 Å². The number of imide groups is 1. The van der Waals surface area contributed by atoms with Gasteiger partial charge in [0, 0.05) is 23.1 Å². The highest BCUT2D eigenvalue weighted by molar-refractivity contribution is 6.17. The average Bonchev–Trinajstić information content (AvgIpc) is 3.11. The van der Waals surface area contributed by atoms with E-state index in [9.17, 15) is 9.59 Å². The second kappa shape index (κ2) is 12.8. The molecule has 6 nitrogen and oxygen atoms in total.